The van der Waals surface area contributed by atoms with Crippen LogP contribution in [-0.4, -0.2) is 33.9 Å². The third-order valence-corrected chi connectivity index (χ3v) is 5.24. The van der Waals surface area contributed by atoms with Crippen LogP contribution in [-0.2, 0) is 16.1 Å². The number of hydrogen-bond donors (Lipinski definition) is 3. The summed E-state index contributed by atoms with van der Waals surface area (Å²) >= 11 is 1.32. The van der Waals surface area contributed by atoms with E-state index in [1.807, 2.05) is 65.6 Å². The highest BCUT2D eigenvalue weighted by molar-refractivity contribution is 8.14. The number of nitrogens with one attached hydrogen (secondary N) is 3. The Bertz CT molecular complexity index is 930. The molecule has 7 nitrogen and oxygen atoms in total. The lowest BCUT2D eigenvalue weighted by Gasteiger charge is -2.32. The number of carbonyl (C=O) groups is 2. The number of amides is 2. The molecule has 0 radical (unpaired) electrons. The largest absolute Gasteiger partial charge is 0.351 e. The fourth-order valence-electron chi connectivity index (χ4n) is 2.96. The Labute approximate surface area is 166 Å². The molecule has 0 saturated heterocycles. The molecule has 2 heterocycles. The van der Waals surface area contributed by atoms with E-state index in [2.05, 4.69) is 21.2 Å². The van der Waals surface area contributed by atoms with Gasteiger partial charge in [0.25, 0.3) is 0 Å². The van der Waals surface area contributed by atoms with E-state index in [0.29, 0.717) is 11.7 Å². The normalized spacial score (nSPS) is 17.8. The zero-order valence-electron chi connectivity index (χ0n) is 15.0. The second-order valence-corrected chi connectivity index (χ2v) is 7.19. The van der Waals surface area contributed by atoms with E-state index in [4.69, 9.17) is 0 Å². The second-order valence-electron chi connectivity index (χ2n) is 6.25. The summed E-state index contributed by atoms with van der Waals surface area (Å²) in [4.78, 5) is 26.1. The van der Waals surface area contributed by atoms with Crippen LogP contribution in [0.15, 0.2) is 71.8 Å². The van der Waals surface area contributed by atoms with Gasteiger partial charge in [0.1, 0.15) is 0 Å². The standard InChI is InChI=1S/C20H19N5O2S/c26-17-11-16(15-9-5-2-6-10-15)25-19(22-17)23-24-20(25)28-13-18(27)21-12-14-7-3-1-4-8-14/h1-11,19,23H,12-13H2,(H,21,27)(H,22,26). The molecule has 0 bridgehead atoms. The van der Waals surface area contributed by atoms with Gasteiger partial charge in [-0.25, -0.2) is 0 Å². The van der Waals surface area contributed by atoms with Gasteiger partial charge in [-0.05, 0) is 11.1 Å². The molecule has 8 heteroatoms. The summed E-state index contributed by atoms with van der Waals surface area (Å²) in [5.74, 6) is -0.0343. The van der Waals surface area contributed by atoms with Crippen molar-refractivity contribution in [3.8, 4) is 0 Å². The fourth-order valence-corrected chi connectivity index (χ4v) is 3.78. The molecule has 0 saturated carbocycles. The van der Waals surface area contributed by atoms with Crippen molar-refractivity contribution in [2.24, 2.45) is 5.10 Å². The number of benzene rings is 2. The van der Waals surface area contributed by atoms with Crippen LogP contribution in [0.2, 0.25) is 0 Å². The topological polar surface area (TPSA) is 85.8 Å². The summed E-state index contributed by atoms with van der Waals surface area (Å²) in [6.07, 6.45) is 1.09. The summed E-state index contributed by atoms with van der Waals surface area (Å²) < 4.78 is 0. The van der Waals surface area contributed by atoms with Crippen LogP contribution in [0.4, 0.5) is 0 Å². The molecular weight excluding hydrogens is 374 g/mol. The summed E-state index contributed by atoms with van der Waals surface area (Å²) in [7, 11) is 0. The summed E-state index contributed by atoms with van der Waals surface area (Å²) in [5.41, 5.74) is 5.61. The number of rotatable bonds is 5. The minimum absolute atomic E-state index is 0.0775. The number of amidine groups is 1. The summed E-state index contributed by atoms with van der Waals surface area (Å²) in [5, 5.41) is 10.7. The molecule has 0 fully saturated rings. The van der Waals surface area contributed by atoms with Gasteiger partial charge in [0, 0.05) is 12.6 Å². The Morgan fingerprint density at radius 3 is 2.57 bits per heavy atom. The molecule has 0 aromatic heterocycles. The van der Waals surface area contributed by atoms with Crippen molar-refractivity contribution in [2.45, 2.75) is 12.8 Å². The highest BCUT2D eigenvalue weighted by atomic mass is 32.2. The van der Waals surface area contributed by atoms with Crippen molar-refractivity contribution in [1.29, 1.82) is 0 Å². The Hall–Kier alpha value is -3.26. The van der Waals surface area contributed by atoms with E-state index >= 15 is 0 Å². The average Bonchev–Trinajstić information content (AvgIpc) is 3.14. The highest BCUT2D eigenvalue weighted by Crippen LogP contribution is 2.29. The van der Waals surface area contributed by atoms with Gasteiger partial charge < -0.3 is 10.6 Å². The SMILES string of the molecule is O=C1C=C(c2ccccc2)N2C(SCC(=O)NCc3ccccc3)=NNC2N1. The Morgan fingerprint density at radius 1 is 1.11 bits per heavy atom. The lowest BCUT2D eigenvalue weighted by atomic mass is 10.1. The number of fused-ring (bicyclic) bond motifs is 1. The van der Waals surface area contributed by atoms with Crippen LogP contribution >= 0.6 is 11.8 Å². The Morgan fingerprint density at radius 2 is 1.82 bits per heavy atom. The second kappa shape index (κ2) is 8.18. The summed E-state index contributed by atoms with van der Waals surface area (Å²) in [6.45, 7) is 0.489. The van der Waals surface area contributed by atoms with Gasteiger partial charge in [0.05, 0.1) is 11.4 Å². The molecule has 2 aliphatic rings. The third-order valence-electron chi connectivity index (χ3n) is 4.29. The molecule has 1 atom stereocenters. The van der Waals surface area contributed by atoms with Crippen molar-refractivity contribution in [1.82, 2.24) is 21.0 Å². The van der Waals surface area contributed by atoms with Crippen molar-refractivity contribution in [2.75, 3.05) is 5.75 Å². The maximum Gasteiger partial charge on any atom is 0.249 e. The van der Waals surface area contributed by atoms with E-state index in [0.717, 1.165) is 16.8 Å². The molecule has 142 valence electrons. The lowest BCUT2D eigenvalue weighted by Crippen LogP contribution is -2.54. The first-order chi connectivity index (χ1) is 13.7. The van der Waals surface area contributed by atoms with Crippen molar-refractivity contribution >= 4 is 34.4 Å². The van der Waals surface area contributed by atoms with Gasteiger partial charge >= 0.3 is 0 Å². The average molecular weight is 393 g/mol. The van der Waals surface area contributed by atoms with Gasteiger partial charge in [0.2, 0.25) is 11.8 Å². The van der Waals surface area contributed by atoms with Crippen molar-refractivity contribution in [3.63, 3.8) is 0 Å². The Kier molecular flexibility index (Phi) is 5.29. The van der Waals surface area contributed by atoms with Gasteiger partial charge in [-0.2, -0.15) is 5.10 Å². The number of nitrogens with zero attached hydrogens (tertiary/aromatic N) is 2. The van der Waals surface area contributed by atoms with Gasteiger partial charge in [0.15, 0.2) is 11.5 Å². The molecule has 3 N–H and O–H groups in total. The third kappa shape index (κ3) is 4.01. The maximum atomic E-state index is 12.2. The molecular formula is C20H19N5O2S. The molecule has 28 heavy (non-hydrogen) atoms. The number of hydrazone groups is 1. The first-order valence-electron chi connectivity index (χ1n) is 8.84. The number of hydrogen-bond acceptors (Lipinski definition) is 6. The smallest absolute Gasteiger partial charge is 0.249 e. The number of thioether (sulfide) groups is 1. The van der Waals surface area contributed by atoms with E-state index < -0.39 is 6.29 Å². The molecule has 4 rings (SSSR count). The van der Waals surface area contributed by atoms with E-state index in [-0.39, 0.29) is 17.6 Å². The maximum absolute atomic E-state index is 12.2. The van der Waals surface area contributed by atoms with E-state index in [1.165, 1.54) is 11.8 Å². The van der Waals surface area contributed by atoms with Crippen LogP contribution in [0.5, 0.6) is 0 Å². The van der Waals surface area contributed by atoms with Crippen LogP contribution in [0.3, 0.4) is 0 Å². The monoisotopic (exact) mass is 393 g/mol. The van der Waals surface area contributed by atoms with Crippen LogP contribution in [0.25, 0.3) is 5.70 Å². The minimum atomic E-state index is -0.456. The highest BCUT2D eigenvalue weighted by Gasteiger charge is 2.36. The quantitative estimate of drug-likeness (QED) is 0.720. The lowest BCUT2D eigenvalue weighted by molar-refractivity contribution is -0.119. The number of carbonyl (C=O) groups excluding carboxylic acids is 2. The van der Waals surface area contributed by atoms with Gasteiger partial charge in [-0.1, -0.05) is 72.4 Å². The first kappa shape index (κ1) is 18.1. The molecule has 2 amide bonds. The van der Waals surface area contributed by atoms with Crippen molar-refractivity contribution in [3.05, 3.63) is 77.9 Å². The molecule has 1 unspecified atom stereocenters. The fraction of sp³-hybridized carbons (Fsp3) is 0.150. The minimum Gasteiger partial charge on any atom is -0.351 e. The van der Waals surface area contributed by atoms with Gasteiger partial charge in [-0.15, -0.1) is 0 Å². The molecule has 2 aromatic carbocycles. The molecule has 0 spiro atoms. The molecule has 2 aromatic rings. The Balaban J connectivity index is 1.40. The van der Waals surface area contributed by atoms with Crippen molar-refractivity contribution < 1.29 is 9.59 Å². The molecule has 2 aliphatic heterocycles. The zero-order chi connectivity index (χ0) is 19.3. The first-order valence-corrected chi connectivity index (χ1v) is 9.83. The zero-order valence-corrected chi connectivity index (χ0v) is 15.8. The van der Waals surface area contributed by atoms with E-state index in [9.17, 15) is 9.59 Å². The van der Waals surface area contributed by atoms with Crippen LogP contribution < -0.4 is 16.1 Å². The predicted molar refractivity (Wildman–Crippen MR) is 110 cm³/mol. The molecule has 0 aliphatic carbocycles. The van der Waals surface area contributed by atoms with Crippen LogP contribution in [0, 0.1) is 0 Å². The van der Waals surface area contributed by atoms with Gasteiger partial charge in [-0.3, -0.25) is 19.9 Å². The summed E-state index contributed by atoms with van der Waals surface area (Å²) in [6, 6.07) is 19.4. The van der Waals surface area contributed by atoms with Crippen LogP contribution in [0.1, 0.15) is 11.1 Å². The predicted octanol–water partition coefficient (Wildman–Crippen LogP) is 1.67. The van der Waals surface area contributed by atoms with E-state index in [1.54, 1.807) is 6.08 Å².